The van der Waals surface area contributed by atoms with Gasteiger partial charge in [0.2, 0.25) is 0 Å². The van der Waals surface area contributed by atoms with Crippen LogP contribution in [0.1, 0.15) is 16.7 Å². The number of rotatable bonds is 3. The summed E-state index contributed by atoms with van der Waals surface area (Å²) < 4.78 is 13.5. The second-order valence-electron chi connectivity index (χ2n) is 4.42. The number of carboxylic acids is 1. The van der Waals surface area contributed by atoms with Crippen molar-refractivity contribution in [1.29, 1.82) is 0 Å². The Balaban J connectivity index is 2.51. The minimum atomic E-state index is -1.16. The molecule has 0 aliphatic heterocycles. The van der Waals surface area contributed by atoms with E-state index >= 15 is 0 Å². The first-order chi connectivity index (χ1) is 9.47. The molecule has 2 rings (SSSR count). The summed E-state index contributed by atoms with van der Waals surface area (Å²) >= 11 is 0. The van der Waals surface area contributed by atoms with Gasteiger partial charge in [-0.2, -0.15) is 0 Å². The van der Waals surface area contributed by atoms with Gasteiger partial charge in [-0.15, -0.1) is 0 Å². The summed E-state index contributed by atoms with van der Waals surface area (Å²) in [4.78, 5) is 11.3. The molecule has 0 saturated heterocycles. The summed E-state index contributed by atoms with van der Waals surface area (Å²) in [5.41, 5.74) is 1.23. The summed E-state index contributed by atoms with van der Waals surface area (Å²) in [6.45, 7) is 1.61. The maximum absolute atomic E-state index is 13.5. The Morgan fingerprint density at radius 1 is 1.20 bits per heavy atom. The van der Waals surface area contributed by atoms with E-state index < -0.39 is 11.8 Å². The number of halogens is 1. The van der Waals surface area contributed by atoms with Crippen LogP contribution in [0.2, 0.25) is 0 Å². The van der Waals surface area contributed by atoms with Crippen LogP contribution in [0, 0.1) is 12.7 Å². The average molecular weight is 272 g/mol. The molecule has 0 amide bonds. The molecule has 0 fully saturated rings. The molecular formula is C16H13FO3. The van der Waals surface area contributed by atoms with E-state index in [4.69, 9.17) is 0 Å². The number of phenolic OH excluding ortho intramolecular Hbond substituents is 1. The Morgan fingerprint density at radius 2 is 1.95 bits per heavy atom. The Bertz CT molecular complexity index is 690. The Kier molecular flexibility index (Phi) is 3.84. The number of aromatic hydroxyl groups is 1. The third kappa shape index (κ3) is 3.03. The summed E-state index contributed by atoms with van der Waals surface area (Å²) in [6.07, 6.45) is 1.40. The Morgan fingerprint density at radius 3 is 2.55 bits per heavy atom. The predicted octanol–water partition coefficient (Wildman–Crippen LogP) is 3.46. The quantitative estimate of drug-likeness (QED) is 0.664. The number of benzene rings is 2. The lowest BCUT2D eigenvalue weighted by atomic mass is 10.0. The zero-order valence-corrected chi connectivity index (χ0v) is 10.8. The van der Waals surface area contributed by atoms with Crippen LogP contribution in [0.4, 0.5) is 4.39 Å². The van der Waals surface area contributed by atoms with Crippen LogP contribution in [-0.4, -0.2) is 16.2 Å². The van der Waals surface area contributed by atoms with Gasteiger partial charge in [0.05, 0.1) is 5.57 Å². The highest BCUT2D eigenvalue weighted by molar-refractivity contribution is 6.20. The van der Waals surface area contributed by atoms with Crippen molar-refractivity contribution in [1.82, 2.24) is 0 Å². The number of aliphatic carboxylic acids is 1. The molecule has 102 valence electrons. The third-order valence-corrected chi connectivity index (χ3v) is 2.89. The average Bonchev–Trinajstić information content (AvgIpc) is 2.39. The van der Waals surface area contributed by atoms with Crippen LogP contribution in [0.5, 0.6) is 5.75 Å². The van der Waals surface area contributed by atoms with Crippen LogP contribution in [0.3, 0.4) is 0 Å². The van der Waals surface area contributed by atoms with Crippen molar-refractivity contribution < 1.29 is 19.4 Å². The minimum absolute atomic E-state index is 0.0329. The van der Waals surface area contributed by atoms with Crippen molar-refractivity contribution in [3.05, 3.63) is 65.0 Å². The molecule has 0 spiro atoms. The monoisotopic (exact) mass is 272 g/mol. The number of hydrogen-bond donors (Lipinski definition) is 2. The zero-order valence-electron chi connectivity index (χ0n) is 10.8. The lowest BCUT2D eigenvalue weighted by molar-refractivity contribution is -0.130. The molecule has 0 heterocycles. The Labute approximate surface area is 115 Å². The van der Waals surface area contributed by atoms with Gasteiger partial charge in [0.15, 0.2) is 0 Å². The fraction of sp³-hybridized carbons (Fsp3) is 0.0625. The molecule has 3 nitrogen and oxygen atoms in total. The maximum atomic E-state index is 13.5. The van der Waals surface area contributed by atoms with Crippen LogP contribution >= 0.6 is 0 Å². The number of carbonyl (C=O) groups is 1. The Hall–Kier alpha value is -2.62. The van der Waals surface area contributed by atoms with Crippen molar-refractivity contribution in [3.63, 3.8) is 0 Å². The van der Waals surface area contributed by atoms with Gasteiger partial charge in [-0.1, -0.05) is 24.3 Å². The van der Waals surface area contributed by atoms with E-state index in [9.17, 15) is 19.4 Å². The first-order valence-electron chi connectivity index (χ1n) is 5.98. The van der Waals surface area contributed by atoms with Crippen LogP contribution in [-0.2, 0) is 4.79 Å². The SMILES string of the molecule is Cc1ccc(/C(=C/c2cccc(O)c2)C(=O)O)cc1F. The number of phenols is 1. The molecule has 0 unspecified atom stereocenters. The molecule has 0 aliphatic rings. The number of aryl methyl sites for hydroxylation is 1. The third-order valence-electron chi connectivity index (χ3n) is 2.89. The highest BCUT2D eigenvalue weighted by Gasteiger charge is 2.12. The first kappa shape index (κ1) is 13.8. The van der Waals surface area contributed by atoms with E-state index in [-0.39, 0.29) is 16.9 Å². The van der Waals surface area contributed by atoms with Crippen LogP contribution < -0.4 is 0 Å². The molecule has 2 aromatic carbocycles. The zero-order chi connectivity index (χ0) is 14.7. The van der Waals surface area contributed by atoms with Crippen LogP contribution in [0.15, 0.2) is 42.5 Å². The van der Waals surface area contributed by atoms with Gasteiger partial charge in [0.1, 0.15) is 11.6 Å². The van der Waals surface area contributed by atoms with E-state index in [0.29, 0.717) is 11.1 Å². The van der Waals surface area contributed by atoms with Gasteiger partial charge in [0.25, 0.3) is 0 Å². The van der Waals surface area contributed by atoms with E-state index in [2.05, 4.69) is 0 Å². The number of carboxylic acid groups (broad SMARTS) is 1. The normalized spacial score (nSPS) is 11.4. The predicted molar refractivity (Wildman–Crippen MR) is 74.8 cm³/mol. The van der Waals surface area contributed by atoms with Crippen molar-refractivity contribution in [2.45, 2.75) is 6.92 Å². The topological polar surface area (TPSA) is 57.5 Å². The van der Waals surface area contributed by atoms with Crippen molar-refractivity contribution >= 4 is 17.6 Å². The molecule has 20 heavy (non-hydrogen) atoms. The van der Waals surface area contributed by atoms with Crippen molar-refractivity contribution in [2.75, 3.05) is 0 Å². The molecule has 0 bridgehead atoms. The van der Waals surface area contributed by atoms with Gasteiger partial charge in [0, 0.05) is 0 Å². The fourth-order valence-electron chi connectivity index (χ4n) is 1.81. The van der Waals surface area contributed by atoms with Crippen LogP contribution in [0.25, 0.3) is 11.6 Å². The minimum Gasteiger partial charge on any atom is -0.508 e. The molecule has 0 aliphatic carbocycles. The van der Waals surface area contributed by atoms with Crippen molar-refractivity contribution in [2.24, 2.45) is 0 Å². The second-order valence-corrected chi connectivity index (χ2v) is 4.42. The van der Waals surface area contributed by atoms with Crippen molar-refractivity contribution in [3.8, 4) is 5.75 Å². The second kappa shape index (κ2) is 5.57. The fourth-order valence-corrected chi connectivity index (χ4v) is 1.81. The lowest BCUT2D eigenvalue weighted by Crippen LogP contribution is -2.00. The largest absolute Gasteiger partial charge is 0.508 e. The highest BCUT2D eigenvalue weighted by Crippen LogP contribution is 2.22. The molecule has 0 saturated carbocycles. The molecule has 2 aromatic rings. The molecule has 0 radical (unpaired) electrons. The molecular weight excluding hydrogens is 259 g/mol. The molecule has 4 heteroatoms. The van der Waals surface area contributed by atoms with E-state index in [1.807, 2.05) is 0 Å². The highest BCUT2D eigenvalue weighted by atomic mass is 19.1. The van der Waals surface area contributed by atoms with E-state index in [1.165, 1.54) is 30.3 Å². The van der Waals surface area contributed by atoms with Gasteiger partial charge in [-0.05, 0) is 47.9 Å². The van der Waals surface area contributed by atoms with E-state index in [1.54, 1.807) is 25.1 Å². The van der Waals surface area contributed by atoms with Gasteiger partial charge in [-0.25, -0.2) is 9.18 Å². The number of hydrogen-bond acceptors (Lipinski definition) is 2. The standard InChI is InChI=1S/C16H13FO3/c1-10-5-6-12(9-15(10)17)14(16(19)20)8-11-3-2-4-13(18)7-11/h2-9,18H,1H3,(H,19,20)/b14-8-. The lowest BCUT2D eigenvalue weighted by Gasteiger charge is -2.05. The summed E-state index contributed by atoms with van der Waals surface area (Å²) in [6, 6.07) is 10.5. The first-order valence-corrected chi connectivity index (χ1v) is 5.98. The molecule has 2 N–H and O–H groups in total. The maximum Gasteiger partial charge on any atom is 0.336 e. The molecule has 0 aromatic heterocycles. The summed E-state index contributed by atoms with van der Waals surface area (Å²) in [5, 5.41) is 18.6. The van der Waals surface area contributed by atoms with Gasteiger partial charge >= 0.3 is 5.97 Å². The summed E-state index contributed by atoms with van der Waals surface area (Å²) in [5.74, 6) is -1.57. The van der Waals surface area contributed by atoms with E-state index in [0.717, 1.165) is 0 Å². The summed E-state index contributed by atoms with van der Waals surface area (Å²) in [7, 11) is 0. The molecule has 0 atom stereocenters. The van der Waals surface area contributed by atoms with Gasteiger partial charge in [-0.3, -0.25) is 0 Å². The van der Waals surface area contributed by atoms with Gasteiger partial charge < -0.3 is 10.2 Å². The smallest absolute Gasteiger partial charge is 0.336 e.